The van der Waals surface area contributed by atoms with Gasteiger partial charge in [-0.15, -0.1) is 0 Å². The number of alkyl halides is 3. The fourth-order valence-corrected chi connectivity index (χ4v) is 3.78. The van der Waals surface area contributed by atoms with Crippen LogP contribution in [-0.4, -0.2) is 33.9 Å². The second-order valence-electron chi connectivity index (χ2n) is 7.79. The van der Waals surface area contributed by atoms with Crippen LogP contribution in [0.15, 0.2) is 48.8 Å². The summed E-state index contributed by atoms with van der Waals surface area (Å²) in [6, 6.07) is 10.3. The summed E-state index contributed by atoms with van der Waals surface area (Å²) in [6.45, 7) is 2.65. The van der Waals surface area contributed by atoms with E-state index in [1.165, 1.54) is 29.2 Å². The zero-order valence-corrected chi connectivity index (χ0v) is 17.7. The van der Waals surface area contributed by atoms with Gasteiger partial charge in [-0.2, -0.15) is 23.5 Å². The van der Waals surface area contributed by atoms with Crippen LogP contribution in [-0.2, 0) is 16.3 Å². The zero-order valence-electron chi connectivity index (χ0n) is 17.7. The smallest absolute Gasteiger partial charge is 0.381 e. The summed E-state index contributed by atoms with van der Waals surface area (Å²) in [7, 11) is 0. The van der Waals surface area contributed by atoms with Gasteiger partial charge in [0.1, 0.15) is 5.41 Å². The summed E-state index contributed by atoms with van der Waals surface area (Å²) < 4.78 is 45.1. The quantitative estimate of drug-likeness (QED) is 0.629. The zero-order chi connectivity index (χ0) is 23.6. The molecule has 0 spiro atoms. The number of nitriles is 1. The van der Waals surface area contributed by atoms with Crippen LogP contribution in [0.2, 0.25) is 0 Å². The van der Waals surface area contributed by atoms with Crippen LogP contribution < -0.4 is 5.32 Å². The molecule has 3 aromatic rings. The Hall–Kier alpha value is -3.71. The maximum atomic E-state index is 12.8. The lowest BCUT2D eigenvalue weighted by Gasteiger charge is -2.30. The van der Waals surface area contributed by atoms with E-state index in [9.17, 15) is 23.2 Å². The first kappa shape index (κ1) is 22.5. The van der Waals surface area contributed by atoms with Crippen molar-refractivity contribution in [1.82, 2.24) is 14.8 Å². The third-order valence-corrected chi connectivity index (χ3v) is 5.77. The lowest BCUT2D eigenvalue weighted by Crippen LogP contribution is -2.33. The van der Waals surface area contributed by atoms with Crippen molar-refractivity contribution in [3.63, 3.8) is 0 Å². The number of nitrogens with zero attached hydrogens (tertiary/aromatic N) is 4. The molecule has 0 bridgehead atoms. The maximum absolute atomic E-state index is 12.8. The Balaban J connectivity index is 1.49. The van der Waals surface area contributed by atoms with Crippen LogP contribution in [0.25, 0.3) is 5.69 Å². The number of pyridine rings is 1. The molecule has 1 fully saturated rings. The summed E-state index contributed by atoms with van der Waals surface area (Å²) in [5.74, 6) is -0.429. The van der Waals surface area contributed by atoms with E-state index in [1.807, 2.05) is 0 Å². The van der Waals surface area contributed by atoms with E-state index < -0.39 is 23.1 Å². The predicted octanol–water partition coefficient (Wildman–Crippen LogP) is 4.42. The molecule has 1 aliphatic heterocycles. The molecule has 1 amide bonds. The molecule has 0 radical (unpaired) electrons. The Labute approximate surface area is 187 Å². The first-order valence-corrected chi connectivity index (χ1v) is 10.2. The van der Waals surface area contributed by atoms with Crippen molar-refractivity contribution in [3.8, 4) is 11.8 Å². The van der Waals surface area contributed by atoms with E-state index >= 15 is 0 Å². The predicted molar refractivity (Wildman–Crippen MR) is 113 cm³/mol. The SMILES string of the molecule is Cc1c(C(=O)Nc2ccc(C3(C#N)CCOCC3)nc2)cnn1-c1ccc(C(F)(F)F)cc1. The monoisotopic (exact) mass is 455 g/mol. The largest absolute Gasteiger partial charge is 0.416 e. The standard InChI is InChI=1S/C23H20F3N5O2/c1-15-19(13-29-31(15)18-5-2-16(3-6-18)23(24,25)26)21(32)30-17-4-7-20(28-12-17)22(14-27)8-10-33-11-9-22/h2-7,12-13H,8-11H2,1H3,(H,30,32). The molecule has 7 nitrogen and oxygen atoms in total. The minimum absolute atomic E-state index is 0.275. The van der Waals surface area contributed by atoms with Crippen LogP contribution in [0.4, 0.5) is 18.9 Å². The number of hydrogen-bond acceptors (Lipinski definition) is 5. The van der Waals surface area contributed by atoms with Gasteiger partial charge in [0, 0.05) is 13.2 Å². The van der Waals surface area contributed by atoms with Crippen molar-refractivity contribution in [1.29, 1.82) is 5.26 Å². The molecule has 4 rings (SSSR count). The molecule has 3 heterocycles. The third-order valence-electron chi connectivity index (χ3n) is 5.77. The molecule has 33 heavy (non-hydrogen) atoms. The third kappa shape index (κ3) is 4.45. The summed E-state index contributed by atoms with van der Waals surface area (Å²) in [5, 5.41) is 16.5. The molecule has 170 valence electrons. The van der Waals surface area contributed by atoms with E-state index in [-0.39, 0.29) is 5.56 Å². The molecule has 0 atom stereocenters. The van der Waals surface area contributed by atoms with Gasteiger partial charge in [-0.3, -0.25) is 9.78 Å². The van der Waals surface area contributed by atoms with Crippen LogP contribution in [0.1, 0.15) is 40.2 Å². The highest BCUT2D eigenvalue weighted by Crippen LogP contribution is 2.33. The summed E-state index contributed by atoms with van der Waals surface area (Å²) in [5.41, 5.74) is 0.787. The van der Waals surface area contributed by atoms with Crippen molar-refractivity contribution >= 4 is 11.6 Å². The van der Waals surface area contributed by atoms with Crippen LogP contribution in [0, 0.1) is 18.3 Å². The highest BCUT2D eigenvalue weighted by molar-refractivity contribution is 6.04. The van der Waals surface area contributed by atoms with E-state index in [0.29, 0.717) is 48.8 Å². The minimum Gasteiger partial charge on any atom is -0.381 e. The van der Waals surface area contributed by atoms with Crippen molar-refractivity contribution in [3.05, 3.63) is 71.3 Å². The summed E-state index contributed by atoms with van der Waals surface area (Å²) in [6.07, 6.45) is -0.451. The lowest BCUT2D eigenvalue weighted by molar-refractivity contribution is -0.137. The second-order valence-corrected chi connectivity index (χ2v) is 7.79. The number of carbonyl (C=O) groups is 1. The van der Waals surface area contributed by atoms with Gasteiger partial charge in [0.25, 0.3) is 5.91 Å². The van der Waals surface area contributed by atoms with E-state index in [1.54, 1.807) is 19.1 Å². The number of nitrogens with one attached hydrogen (secondary N) is 1. The number of amides is 1. The molecule has 0 unspecified atom stereocenters. The van der Waals surface area contributed by atoms with Gasteiger partial charge < -0.3 is 10.1 Å². The van der Waals surface area contributed by atoms with Gasteiger partial charge in [-0.05, 0) is 56.2 Å². The van der Waals surface area contributed by atoms with E-state index in [2.05, 4.69) is 21.5 Å². The molecule has 0 saturated carbocycles. The maximum Gasteiger partial charge on any atom is 0.416 e. The average molecular weight is 455 g/mol. The Kier molecular flexibility index (Phi) is 5.91. The van der Waals surface area contributed by atoms with Crippen LogP contribution in [0.3, 0.4) is 0 Å². The number of hydrogen-bond donors (Lipinski definition) is 1. The van der Waals surface area contributed by atoms with Gasteiger partial charge in [0.15, 0.2) is 0 Å². The molecule has 1 N–H and O–H groups in total. The Bertz CT molecular complexity index is 1190. The lowest BCUT2D eigenvalue weighted by atomic mass is 9.78. The fourth-order valence-electron chi connectivity index (χ4n) is 3.78. The summed E-state index contributed by atoms with van der Waals surface area (Å²) >= 11 is 0. The molecular formula is C23H20F3N5O2. The number of ether oxygens (including phenoxy) is 1. The first-order chi connectivity index (χ1) is 15.7. The van der Waals surface area contributed by atoms with E-state index in [0.717, 1.165) is 12.1 Å². The summed E-state index contributed by atoms with van der Waals surface area (Å²) in [4.78, 5) is 17.2. The van der Waals surface area contributed by atoms with Gasteiger partial charge in [-0.1, -0.05) is 0 Å². The van der Waals surface area contributed by atoms with E-state index in [4.69, 9.17) is 4.74 Å². The van der Waals surface area contributed by atoms with Crippen molar-refractivity contribution in [2.45, 2.75) is 31.4 Å². The second kappa shape index (κ2) is 8.67. The highest BCUT2D eigenvalue weighted by atomic mass is 19.4. The molecule has 10 heteroatoms. The van der Waals surface area contributed by atoms with Gasteiger partial charge in [0.2, 0.25) is 0 Å². The van der Waals surface area contributed by atoms with Gasteiger partial charge in [-0.25, -0.2) is 4.68 Å². The van der Waals surface area contributed by atoms with Crippen molar-refractivity contribution in [2.24, 2.45) is 0 Å². The number of carbonyl (C=O) groups excluding carboxylic acids is 1. The topological polar surface area (TPSA) is 92.8 Å². The van der Waals surface area contributed by atoms with Crippen LogP contribution >= 0.6 is 0 Å². The first-order valence-electron chi connectivity index (χ1n) is 10.2. The Morgan fingerprint density at radius 3 is 2.42 bits per heavy atom. The Morgan fingerprint density at radius 2 is 1.85 bits per heavy atom. The molecule has 1 saturated heterocycles. The van der Waals surface area contributed by atoms with Crippen molar-refractivity contribution < 1.29 is 22.7 Å². The fraction of sp³-hybridized carbons (Fsp3) is 0.304. The van der Waals surface area contributed by atoms with Gasteiger partial charge in [0.05, 0.1) is 52.4 Å². The number of benzene rings is 1. The highest BCUT2D eigenvalue weighted by Gasteiger charge is 2.36. The Morgan fingerprint density at radius 1 is 1.15 bits per heavy atom. The molecular weight excluding hydrogens is 435 g/mol. The average Bonchev–Trinajstić information content (AvgIpc) is 3.21. The number of anilines is 1. The van der Waals surface area contributed by atoms with Gasteiger partial charge >= 0.3 is 6.18 Å². The number of aromatic nitrogens is 3. The molecule has 1 aliphatic rings. The molecule has 0 aliphatic carbocycles. The van der Waals surface area contributed by atoms with Crippen LogP contribution in [0.5, 0.6) is 0 Å². The molecule has 1 aromatic carbocycles. The normalized spacial score (nSPS) is 15.6. The van der Waals surface area contributed by atoms with Crippen molar-refractivity contribution in [2.75, 3.05) is 18.5 Å². The number of rotatable bonds is 4. The molecule has 2 aromatic heterocycles. The minimum atomic E-state index is -4.43. The number of halogens is 3.